The molecule has 0 amide bonds. The maximum Gasteiger partial charge on any atom is 0.322 e. The smallest absolute Gasteiger partial charge is 0.322 e. The molecule has 1 aromatic carbocycles. The van der Waals surface area contributed by atoms with E-state index in [1.165, 1.54) is 10.6 Å². The Balaban J connectivity index is 2.57. The van der Waals surface area contributed by atoms with Gasteiger partial charge in [-0.05, 0) is 17.9 Å². The van der Waals surface area contributed by atoms with E-state index < -0.39 is 12.0 Å². The van der Waals surface area contributed by atoms with Crippen LogP contribution in [0.2, 0.25) is 0 Å². The highest BCUT2D eigenvalue weighted by Gasteiger charge is 2.27. The molecule has 0 bridgehead atoms. The van der Waals surface area contributed by atoms with Gasteiger partial charge in [-0.3, -0.25) is 10.6 Å². The molecule has 0 radical (unpaired) electrons. The second kappa shape index (κ2) is 7.13. The summed E-state index contributed by atoms with van der Waals surface area (Å²) in [7, 11) is 0. The Hall–Kier alpha value is -1.39. The lowest BCUT2D eigenvalue weighted by molar-refractivity contribution is -0.145. The second-order valence-corrected chi connectivity index (χ2v) is 4.64. The third-order valence-electron chi connectivity index (χ3n) is 3.29. The number of aliphatic carboxylic acids is 1. The summed E-state index contributed by atoms with van der Waals surface area (Å²) in [4.78, 5) is 11.2. The lowest BCUT2D eigenvalue weighted by Gasteiger charge is -2.28. The first-order chi connectivity index (χ1) is 8.56. The summed E-state index contributed by atoms with van der Waals surface area (Å²) >= 11 is 0. The SMILES string of the molecule is CC[C@H](C)[C@@H](C(=O)O)N(N)CCc1ccccc1. The molecule has 0 aliphatic rings. The van der Waals surface area contributed by atoms with Gasteiger partial charge in [0.15, 0.2) is 0 Å². The van der Waals surface area contributed by atoms with Crippen molar-refractivity contribution in [2.24, 2.45) is 11.8 Å². The maximum atomic E-state index is 11.2. The van der Waals surface area contributed by atoms with Crippen LogP contribution in [0.3, 0.4) is 0 Å². The van der Waals surface area contributed by atoms with Crippen molar-refractivity contribution < 1.29 is 9.90 Å². The molecule has 0 aromatic heterocycles. The van der Waals surface area contributed by atoms with Gasteiger partial charge < -0.3 is 5.11 Å². The van der Waals surface area contributed by atoms with Crippen LogP contribution >= 0.6 is 0 Å². The van der Waals surface area contributed by atoms with Crippen LogP contribution in [0.1, 0.15) is 25.8 Å². The van der Waals surface area contributed by atoms with Gasteiger partial charge in [0.25, 0.3) is 0 Å². The van der Waals surface area contributed by atoms with Crippen LogP contribution in [0.4, 0.5) is 0 Å². The fourth-order valence-electron chi connectivity index (χ4n) is 1.98. The third kappa shape index (κ3) is 4.13. The number of hydrazine groups is 1. The Kier molecular flexibility index (Phi) is 5.82. The van der Waals surface area contributed by atoms with E-state index >= 15 is 0 Å². The zero-order valence-corrected chi connectivity index (χ0v) is 11.0. The summed E-state index contributed by atoms with van der Waals surface area (Å²) in [5.74, 6) is 5.09. The fourth-order valence-corrected chi connectivity index (χ4v) is 1.98. The van der Waals surface area contributed by atoms with Gasteiger partial charge in [-0.1, -0.05) is 50.6 Å². The number of carbonyl (C=O) groups is 1. The van der Waals surface area contributed by atoms with Gasteiger partial charge in [0, 0.05) is 6.54 Å². The summed E-state index contributed by atoms with van der Waals surface area (Å²) in [6.45, 7) is 4.44. The molecule has 1 aromatic rings. The van der Waals surface area contributed by atoms with Gasteiger partial charge in [-0.25, -0.2) is 5.01 Å². The van der Waals surface area contributed by atoms with Crippen molar-refractivity contribution in [2.45, 2.75) is 32.7 Å². The summed E-state index contributed by atoms with van der Waals surface area (Å²) in [5, 5.41) is 10.7. The molecule has 18 heavy (non-hydrogen) atoms. The topological polar surface area (TPSA) is 66.6 Å². The molecule has 0 saturated heterocycles. The lowest BCUT2D eigenvalue weighted by atomic mass is 9.98. The van der Waals surface area contributed by atoms with E-state index in [9.17, 15) is 9.90 Å². The van der Waals surface area contributed by atoms with Crippen LogP contribution in [0.25, 0.3) is 0 Å². The minimum absolute atomic E-state index is 0.0447. The van der Waals surface area contributed by atoms with Crippen molar-refractivity contribution in [3.05, 3.63) is 35.9 Å². The van der Waals surface area contributed by atoms with E-state index in [1.54, 1.807) is 0 Å². The third-order valence-corrected chi connectivity index (χ3v) is 3.29. The van der Waals surface area contributed by atoms with Crippen molar-refractivity contribution in [3.63, 3.8) is 0 Å². The van der Waals surface area contributed by atoms with E-state index in [1.807, 2.05) is 44.2 Å². The van der Waals surface area contributed by atoms with Crippen LogP contribution in [0, 0.1) is 5.92 Å². The van der Waals surface area contributed by atoms with Gasteiger partial charge in [-0.2, -0.15) is 0 Å². The minimum Gasteiger partial charge on any atom is -0.480 e. The molecule has 4 heteroatoms. The number of carboxylic acid groups (broad SMARTS) is 1. The Labute approximate surface area is 108 Å². The first kappa shape index (κ1) is 14.7. The van der Waals surface area contributed by atoms with Gasteiger partial charge in [0.05, 0.1) is 0 Å². The molecule has 0 unspecified atom stereocenters. The molecule has 0 saturated carbocycles. The predicted octanol–water partition coefficient (Wildman–Crippen LogP) is 1.90. The second-order valence-electron chi connectivity index (χ2n) is 4.64. The van der Waals surface area contributed by atoms with Crippen LogP contribution in [-0.2, 0) is 11.2 Å². The van der Waals surface area contributed by atoms with E-state index in [4.69, 9.17) is 5.84 Å². The van der Waals surface area contributed by atoms with Gasteiger partial charge >= 0.3 is 5.97 Å². The first-order valence-electron chi connectivity index (χ1n) is 6.34. The van der Waals surface area contributed by atoms with Crippen LogP contribution < -0.4 is 5.84 Å². The highest BCUT2D eigenvalue weighted by atomic mass is 16.4. The zero-order valence-electron chi connectivity index (χ0n) is 11.0. The lowest BCUT2D eigenvalue weighted by Crippen LogP contribution is -2.50. The summed E-state index contributed by atoms with van der Waals surface area (Å²) < 4.78 is 0. The predicted molar refractivity (Wildman–Crippen MR) is 71.9 cm³/mol. The van der Waals surface area contributed by atoms with Crippen LogP contribution in [0.5, 0.6) is 0 Å². The van der Waals surface area contributed by atoms with Crippen molar-refractivity contribution in [1.29, 1.82) is 0 Å². The van der Waals surface area contributed by atoms with Crippen molar-refractivity contribution in [2.75, 3.05) is 6.54 Å². The molecular formula is C14H22N2O2. The van der Waals surface area contributed by atoms with Gasteiger partial charge in [0.2, 0.25) is 0 Å². The number of hydrogen-bond donors (Lipinski definition) is 2. The normalized spacial score (nSPS) is 14.4. The first-order valence-corrected chi connectivity index (χ1v) is 6.34. The Morgan fingerprint density at radius 2 is 2.00 bits per heavy atom. The Bertz CT molecular complexity index is 367. The van der Waals surface area contributed by atoms with Crippen molar-refractivity contribution in [3.8, 4) is 0 Å². The molecule has 0 spiro atoms. The number of benzene rings is 1. The summed E-state index contributed by atoms with van der Waals surface area (Å²) in [6, 6.07) is 9.33. The van der Waals surface area contributed by atoms with E-state index in [0.29, 0.717) is 6.54 Å². The van der Waals surface area contributed by atoms with Crippen molar-refractivity contribution in [1.82, 2.24) is 5.01 Å². The van der Waals surface area contributed by atoms with E-state index in [0.717, 1.165) is 12.8 Å². The van der Waals surface area contributed by atoms with Crippen LogP contribution in [-0.4, -0.2) is 28.7 Å². The van der Waals surface area contributed by atoms with E-state index in [-0.39, 0.29) is 5.92 Å². The standard InChI is InChI=1S/C14H22N2O2/c1-3-11(2)13(14(17)18)16(15)10-9-12-7-5-4-6-8-12/h4-8,11,13H,3,9-10,15H2,1-2H3,(H,17,18)/t11-,13-/m0/s1. The molecule has 3 N–H and O–H groups in total. The molecule has 4 nitrogen and oxygen atoms in total. The summed E-state index contributed by atoms with van der Waals surface area (Å²) in [6.07, 6.45) is 1.56. The van der Waals surface area contributed by atoms with Gasteiger partial charge in [0.1, 0.15) is 6.04 Å². The van der Waals surface area contributed by atoms with E-state index in [2.05, 4.69) is 0 Å². The molecule has 1 rings (SSSR count). The molecule has 100 valence electrons. The monoisotopic (exact) mass is 250 g/mol. The Morgan fingerprint density at radius 3 is 2.50 bits per heavy atom. The Morgan fingerprint density at radius 1 is 1.39 bits per heavy atom. The van der Waals surface area contributed by atoms with Gasteiger partial charge in [-0.15, -0.1) is 0 Å². The number of nitrogens with zero attached hydrogens (tertiary/aromatic N) is 1. The average molecular weight is 250 g/mol. The fraction of sp³-hybridized carbons (Fsp3) is 0.500. The largest absolute Gasteiger partial charge is 0.480 e. The minimum atomic E-state index is -0.847. The van der Waals surface area contributed by atoms with Crippen LogP contribution in [0.15, 0.2) is 30.3 Å². The number of carboxylic acids is 1. The molecule has 0 fully saturated rings. The number of nitrogens with two attached hydrogens (primary N) is 1. The average Bonchev–Trinajstić information content (AvgIpc) is 2.37. The molecule has 0 heterocycles. The maximum absolute atomic E-state index is 11.2. The highest BCUT2D eigenvalue weighted by molar-refractivity contribution is 5.73. The van der Waals surface area contributed by atoms with Crippen molar-refractivity contribution >= 4 is 5.97 Å². The molecular weight excluding hydrogens is 228 g/mol. The quantitative estimate of drug-likeness (QED) is 0.573. The highest BCUT2D eigenvalue weighted by Crippen LogP contribution is 2.13. The molecule has 2 atom stereocenters. The molecule has 0 aliphatic carbocycles. The molecule has 0 aliphatic heterocycles. The number of rotatable bonds is 7. The summed E-state index contributed by atoms with van der Waals surface area (Å²) in [5.41, 5.74) is 1.17. The zero-order chi connectivity index (χ0) is 13.5. The number of hydrogen-bond acceptors (Lipinski definition) is 3.